The first-order valence-electron chi connectivity index (χ1n) is 6.24. The number of benzene rings is 1. The molecule has 1 heterocycles. The summed E-state index contributed by atoms with van der Waals surface area (Å²) in [6.07, 6.45) is 2.16. The molecule has 100 valence electrons. The molecule has 0 aliphatic heterocycles. The molecular weight excluding hydrogens is 354 g/mol. The summed E-state index contributed by atoms with van der Waals surface area (Å²) in [7, 11) is 0. The molecule has 1 unspecified atom stereocenters. The number of pyridine rings is 1. The number of nitrogens with zero attached hydrogens (tertiary/aromatic N) is 1. The first-order valence-corrected chi connectivity index (χ1v) is 7.32. The van der Waals surface area contributed by atoms with Crippen LogP contribution >= 0.6 is 22.6 Å². The largest absolute Gasteiger partial charge is 0.376 e. The Bertz CT molecular complexity index is 555. The van der Waals surface area contributed by atoms with Crippen LogP contribution in [0.2, 0.25) is 0 Å². The second kappa shape index (κ2) is 6.32. The lowest BCUT2D eigenvalue weighted by molar-refractivity contribution is 0.614. The van der Waals surface area contributed by atoms with Gasteiger partial charge in [-0.15, -0.1) is 0 Å². The Kier molecular flexibility index (Phi) is 4.74. The van der Waals surface area contributed by atoms with Crippen LogP contribution in [-0.4, -0.2) is 4.98 Å². The Hall–Kier alpha value is -1.17. The van der Waals surface area contributed by atoms with E-state index in [0.717, 1.165) is 17.8 Å². The van der Waals surface area contributed by atoms with Crippen molar-refractivity contribution in [1.82, 2.24) is 4.98 Å². The van der Waals surface area contributed by atoms with Gasteiger partial charge in [0.05, 0.1) is 17.9 Å². The highest BCUT2D eigenvalue weighted by molar-refractivity contribution is 14.1. The zero-order valence-corrected chi connectivity index (χ0v) is 13.1. The van der Waals surface area contributed by atoms with Crippen molar-refractivity contribution < 1.29 is 4.39 Å². The molecule has 0 spiro atoms. The van der Waals surface area contributed by atoms with Crippen LogP contribution in [0, 0.1) is 16.3 Å². The fraction of sp³-hybridized carbons (Fsp3) is 0.267. The van der Waals surface area contributed by atoms with Gasteiger partial charge in [-0.3, -0.25) is 4.98 Å². The maximum absolute atomic E-state index is 12.9. The summed E-state index contributed by atoms with van der Waals surface area (Å²) in [5.74, 6) is -0.302. The third kappa shape index (κ3) is 3.65. The van der Waals surface area contributed by atoms with Crippen molar-refractivity contribution in [3.63, 3.8) is 0 Å². The fourth-order valence-electron chi connectivity index (χ4n) is 1.96. The van der Waals surface area contributed by atoms with Crippen LogP contribution < -0.4 is 5.32 Å². The molecule has 0 amide bonds. The van der Waals surface area contributed by atoms with E-state index in [2.05, 4.69) is 64.9 Å². The van der Waals surface area contributed by atoms with Crippen LogP contribution in [0.5, 0.6) is 0 Å². The number of hydrogen-bond donors (Lipinski definition) is 1. The zero-order valence-electron chi connectivity index (χ0n) is 11.0. The molecule has 0 aliphatic carbocycles. The lowest BCUT2D eigenvalue weighted by Gasteiger charge is -2.19. The van der Waals surface area contributed by atoms with Gasteiger partial charge < -0.3 is 5.32 Å². The number of nitrogens with one attached hydrogen (secondary N) is 1. The molecule has 1 atom stereocenters. The summed E-state index contributed by atoms with van der Waals surface area (Å²) in [4.78, 5) is 4.15. The second-order valence-electron chi connectivity index (χ2n) is 4.47. The van der Waals surface area contributed by atoms with Crippen molar-refractivity contribution >= 4 is 28.3 Å². The minimum absolute atomic E-state index is 0.0966. The second-order valence-corrected chi connectivity index (χ2v) is 5.71. The Balaban J connectivity index is 2.21. The van der Waals surface area contributed by atoms with Crippen LogP contribution in [0.15, 0.2) is 36.5 Å². The average Bonchev–Trinajstić information content (AvgIpc) is 2.39. The van der Waals surface area contributed by atoms with E-state index in [1.54, 1.807) is 6.07 Å². The Labute approximate surface area is 126 Å². The van der Waals surface area contributed by atoms with Crippen LogP contribution in [-0.2, 0) is 0 Å². The van der Waals surface area contributed by atoms with Gasteiger partial charge in [-0.05, 0) is 71.8 Å². The highest BCUT2D eigenvalue weighted by Gasteiger charge is 2.11. The lowest BCUT2D eigenvalue weighted by atomic mass is 10.1. The van der Waals surface area contributed by atoms with Gasteiger partial charge in [0.25, 0.3) is 0 Å². The summed E-state index contributed by atoms with van der Waals surface area (Å²) in [5, 5.41) is 3.47. The van der Waals surface area contributed by atoms with Crippen molar-refractivity contribution in [2.75, 3.05) is 5.32 Å². The van der Waals surface area contributed by atoms with E-state index in [-0.39, 0.29) is 11.9 Å². The fourth-order valence-corrected chi connectivity index (χ4v) is 2.60. The standard InChI is InChI=1S/C15H16FIN2/c1-3-13(15-6-4-11(16)9-18-15)19-14-7-5-12(17)8-10(14)2/h4-9,13,19H,3H2,1-2H3. The molecule has 0 saturated heterocycles. The molecule has 0 aliphatic rings. The van der Waals surface area contributed by atoms with E-state index >= 15 is 0 Å². The van der Waals surface area contributed by atoms with E-state index in [0.29, 0.717) is 0 Å². The SMILES string of the molecule is CCC(Nc1ccc(I)cc1C)c1ccc(F)cn1. The molecule has 2 rings (SSSR count). The Morgan fingerprint density at radius 2 is 2.11 bits per heavy atom. The van der Waals surface area contributed by atoms with E-state index in [1.807, 2.05) is 0 Å². The van der Waals surface area contributed by atoms with Crippen LogP contribution in [0.4, 0.5) is 10.1 Å². The number of aromatic nitrogens is 1. The smallest absolute Gasteiger partial charge is 0.141 e. The summed E-state index contributed by atoms with van der Waals surface area (Å²) >= 11 is 2.30. The minimum Gasteiger partial charge on any atom is -0.376 e. The molecule has 1 aromatic carbocycles. The molecule has 19 heavy (non-hydrogen) atoms. The van der Waals surface area contributed by atoms with Crippen molar-refractivity contribution in [3.05, 3.63) is 57.2 Å². The number of anilines is 1. The van der Waals surface area contributed by atoms with E-state index in [4.69, 9.17) is 0 Å². The van der Waals surface area contributed by atoms with Gasteiger partial charge in [0.1, 0.15) is 5.82 Å². The van der Waals surface area contributed by atoms with Crippen LogP contribution in [0.25, 0.3) is 0 Å². The molecule has 0 fully saturated rings. The van der Waals surface area contributed by atoms with E-state index in [9.17, 15) is 4.39 Å². The van der Waals surface area contributed by atoms with E-state index in [1.165, 1.54) is 21.4 Å². The highest BCUT2D eigenvalue weighted by Crippen LogP contribution is 2.24. The highest BCUT2D eigenvalue weighted by atomic mass is 127. The summed E-state index contributed by atoms with van der Waals surface area (Å²) in [6.45, 7) is 4.17. The first kappa shape index (κ1) is 14.2. The number of aryl methyl sites for hydroxylation is 1. The van der Waals surface area contributed by atoms with Crippen molar-refractivity contribution in [3.8, 4) is 0 Å². The lowest BCUT2D eigenvalue weighted by Crippen LogP contribution is -2.12. The van der Waals surface area contributed by atoms with Crippen molar-refractivity contribution in [2.24, 2.45) is 0 Å². The van der Waals surface area contributed by atoms with Gasteiger partial charge in [0.2, 0.25) is 0 Å². The predicted octanol–water partition coefficient (Wildman–Crippen LogP) is 4.70. The van der Waals surface area contributed by atoms with Crippen molar-refractivity contribution in [1.29, 1.82) is 0 Å². The molecule has 2 nitrogen and oxygen atoms in total. The summed E-state index contributed by atoms with van der Waals surface area (Å²) in [5.41, 5.74) is 3.16. The third-order valence-corrected chi connectivity index (χ3v) is 3.70. The first-order chi connectivity index (χ1) is 9.10. The minimum atomic E-state index is -0.302. The Morgan fingerprint density at radius 1 is 1.32 bits per heavy atom. The molecule has 4 heteroatoms. The van der Waals surface area contributed by atoms with Gasteiger partial charge in [0, 0.05) is 9.26 Å². The van der Waals surface area contributed by atoms with Gasteiger partial charge >= 0.3 is 0 Å². The van der Waals surface area contributed by atoms with Gasteiger partial charge in [-0.1, -0.05) is 6.92 Å². The normalized spacial score (nSPS) is 12.2. The molecule has 2 aromatic rings. The monoisotopic (exact) mass is 370 g/mol. The van der Waals surface area contributed by atoms with Crippen LogP contribution in [0.3, 0.4) is 0 Å². The van der Waals surface area contributed by atoms with Crippen molar-refractivity contribution in [2.45, 2.75) is 26.3 Å². The van der Waals surface area contributed by atoms with Gasteiger partial charge in [0.15, 0.2) is 0 Å². The maximum atomic E-state index is 12.9. The molecule has 0 saturated carbocycles. The van der Waals surface area contributed by atoms with Crippen LogP contribution in [0.1, 0.15) is 30.6 Å². The van der Waals surface area contributed by atoms with E-state index < -0.39 is 0 Å². The summed E-state index contributed by atoms with van der Waals surface area (Å²) in [6, 6.07) is 9.56. The Morgan fingerprint density at radius 3 is 2.68 bits per heavy atom. The molecule has 0 radical (unpaired) electrons. The zero-order chi connectivity index (χ0) is 13.8. The number of halogens is 2. The predicted molar refractivity (Wildman–Crippen MR) is 84.7 cm³/mol. The quantitative estimate of drug-likeness (QED) is 0.790. The molecule has 0 bridgehead atoms. The average molecular weight is 370 g/mol. The summed E-state index contributed by atoms with van der Waals surface area (Å²) < 4.78 is 14.1. The molecular formula is C15H16FIN2. The maximum Gasteiger partial charge on any atom is 0.141 e. The van der Waals surface area contributed by atoms with Gasteiger partial charge in [-0.2, -0.15) is 0 Å². The molecule has 1 N–H and O–H groups in total. The third-order valence-electron chi connectivity index (χ3n) is 3.03. The number of rotatable bonds is 4. The molecule has 1 aromatic heterocycles. The van der Waals surface area contributed by atoms with Gasteiger partial charge in [-0.25, -0.2) is 4.39 Å². The topological polar surface area (TPSA) is 24.9 Å². The number of hydrogen-bond acceptors (Lipinski definition) is 2.